The molecule has 2 heterocycles. The third kappa shape index (κ3) is 4.37. The molecule has 1 aromatic carbocycles. The van der Waals surface area contributed by atoms with Crippen molar-refractivity contribution < 1.29 is 14.0 Å². The summed E-state index contributed by atoms with van der Waals surface area (Å²) in [4.78, 5) is 23.6. The van der Waals surface area contributed by atoms with Crippen LogP contribution in [-0.4, -0.2) is 22.6 Å². The van der Waals surface area contributed by atoms with E-state index in [1.54, 1.807) is 12.1 Å². The normalized spacial score (nSPS) is 11.0. The van der Waals surface area contributed by atoms with Gasteiger partial charge in [-0.25, -0.2) is 5.43 Å². The maximum absolute atomic E-state index is 11.8. The molecule has 0 radical (unpaired) electrons. The number of benzene rings is 1. The van der Waals surface area contributed by atoms with Crippen LogP contribution in [0.5, 0.6) is 0 Å². The standard InChI is InChI=1S/C21H22N4O3/c1-14-6-8-18(9-7-14)25-15(2)11-17(16(25)3)12-23-24-21(27)20(26)22-13-19-5-4-10-28-19/h4-12H,13H2,1-3H3,(H,22,26)(H,24,27)/b23-12-. The number of aryl methyl sites for hydroxylation is 2. The van der Waals surface area contributed by atoms with Crippen LogP contribution in [0.4, 0.5) is 0 Å². The van der Waals surface area contributed by atoms with Crippen molar-refractivity contribution in [3.05, 3.63) is 77.0 Å². The zero-order chi connectivity index (χ0) is 20.1. The summed E-state index contributed by atoms with van der Waals surface area (Å²) in [5, 5.41) is 6.37. The molecule has 0 saturated carbocycles. The van der Waals surface area contributed by atoms with Crippen molar-refractivity contribution in [1.82, 2.24) is 15.3 Å². The Kier molecular flexibility index (Phi) is 5.74. The molecule has 2 aromatic heterocycles. The minimum Gasteiger partial charge on any atom is -0.467 e. The molecule has 2 N–H and O–H groups in total. The van der Waals surface area contributed by atoms with Crippen molar-refractivity contribution in [1.29, 1.82) is 0 Å². The van der Waals surface area contributed by atoms with E-state index in [9.17, 15) is 9.59 Å². The number of nitrogens with zero attached hydrogens (tertiary/aromatic N) is 2. The van der Waals surface area contributed by atoms with Crippen LogP contribution in [0.1, 0.15) is 28.3 Å². The molecule has 0 unspecified atom stereocenters. The molecule has 3 rings (SSSR count). The Morgan fingerprint density at radius 2 is 1.86 bits per heavy atom. The average molecular weight is 378 g/mol. The first-order valence-electron chi connectivity index (χ1n) is 8.85. The van der Waals surface area contributed by atoms with E-state index in [-0.39, 0.29) is 6.54 Å². The lowest BCUT2D eigenvalue weighted by Gasteiger charge is -2.09. The maximum atomic E-state index is 11.8. The lowest BCUT2D eigenvalue weighted by Crippen LogP contribution is -2.37. The van der Waals surface area contributed by atoms with Crippen LogP contribution >= 0.6 is 0 Å². The van der Waals surface area contributed by atoms with Gasteiger partial charge in [0.15, 0.2) is 0 Å². The Hall–Kier alpha value is -3.61. The zero-order valence-corrected chi connectivity index (χ0v) is 16.0. The summed E-state index contributed by atoms with van der Waals surface area (Å²) in [5.41, 5.74) is 7.39. The summed E-state index contributed by atoms with van der Waals surface area (Å²) in [6.45, 7) is 6.17. The van der Waals surface area contributed by atoms with Gasteiger partial charge >= 0.3 is 11.8 Å². The summed E-state index contributed by atoms with van der Waals surface area (Å²) in [7, 11) is 0. The summed E-state index contributed by atoms with van der Waals surface area (Å²) in [6.07, 6.45) is 3.03. The van der Waals surface area contributed by atoms with Crippen LogP contribution < -0.4 is 10.7 Å². The SMILES string of the molecule is Cc1ccc(-n2c(C)cc(/C=N\NC(=O)C(=O)NCc3ccco3)c2C)cc1. The Morgan fingerprint density at radius 1 is 1.11 bits per heavy atom. The highest BCUT2D eigenvalue weighted by atomic mass is 16.3. The first-order valence-corrected chi connectivity index (χ1v) is 8.85. The van der Waals surface area contributed by atoms with Crippen molar-refractivity contribution in [3.8, 4) is 5.69 Å². The van der Waals surface area contributed by atoms with E-state index in [1.807, 2.05) is 26.8 Å². The number of rotatable bonds is 5. The van der Waals surface area contributed by atoms with Crippen molar-refractivity contribution in [2.45, 2.75) is 27.3 Å². The Bertz CT molecular complexity index is 999. The van der Waals surface area contributed by atoms with Gasteiger partial charge in [0, 0.05) is 22.6 Å². The van der Waals surface area contributed by atoms with E-state index < -0.39 is 11.8 Å². The number of carbonyl (C=O) groups is 2. The Morgan fingerprint density at radius 3 is 2.54 bits per heavy atom. The monoisotopic (exact) mass is 378 g/mol. The van der Waals surface area contributed by atoms with Gasteiger partial charge in [-0.15, -0.1) is 0 Å². The third-order valence-electron chi connectivity index (χ3n) is 4.34. The van der Waals surface area contributed by atoms with Gasteiger partial charge in [-0.2, -0.15) is 5.10 Å². The summed E-state index contributed by atoms with van der Waals surface area (Å²) < 4.78 is 7.20. The number of carbonyl (C=O) groups excluding carboxylic acids is 2. The average Bonchev–Trinajstić information content (AvgIpc) is 3.29. The number of hydrazone groups is 1. The van der Waals surface area contributed by atoms with Gasteiger partial charge in [0.05, 0.1) is 19.0 Å². The zero-order valence-electron chi connectivity index (χ0n) is 16.0. The predicted molar refractivity (Wildman–Crippen MR) is 106 cm³/mol. The molecule has 0 bridgehead atoms. The predicted octanol–water partition coefficient (Wildman–Crippen LogP) is 2.76. The van der Waals surface area contributed by atoms with Gasteiger partial charge in [0.1, 0.15) is 5.76 Å². The van der Waals surface area contributed by atoms with Gasteiger partial charge in [0.2, 0.25) is 0 Å². The summed E-state index contributed by atoms with van der Waals surface area (Å²) >= 11 is 0. The molecule has 7 heteroatoms. The van der Waals surface area contributed by atoms with Crippen LogP contribution in [0.3, 0.4) is 0 Å². The molecule has 28 heavy (non-hydrogen) atoms. The van der Waals surface area contributed by atoms with Crippen molar-refractivity contribution in [3.63, 3.8) is 0 Å². The first-order chi connectivity index (χ1) is 13.5. The van der Waals surface area contributed by atoms with Gasteiger partial charge < -0.3 is 14.3 Å². The minimum absolute atomic E-state index is 0.140. The molecule has 144 valence electrons. The number of hydrogen-bond acceptors (Lipinski definition) is 4. The number of furan rings is 1. The molecule has 0 spiro atoms. The lowest BCUT2D eigenvalue weighted by molar-refractivity contribution is -0.139. The summed E-state index contributed by atoms with van der Waals surface area (Å²) in [5.74, 6) is -1.05. The number of amides is 2. The fraction of sp³-hybridized carbons (Fsp3) is 0.190. The molecule has 2 amide bonds. The smallest absolute Gasteiger partial charge is 0.329 e. The largest absolute Gasteiger partial charge is 0.467 e. The molecule has 0 saturated heterocycles. The van der Waals surface area contributed by atoms with Crippen LogP contribution in [0, 0.1) is 20.8 Å². The highest BCUT2D eigenvalue weighted by Crippen LogP contribution is 2.20. The molecule has 3 aromatic rings. The molecule has 0 fully saturated rings. The van der Waals surface area contributed by atoms with Crippen molar-refractivity contribution in [2.24, 2.45) is 5.10 Å². The molecule has 0 aliphatic heterocycles. The van der Waals surface area contributed by atoms with E-state index in [2.05, 4.69) is 44.7 Å². The van der Waals surface area contributed by atoms with Crippen molar-refractivity contribution in [2.75, 3.05) is 0 Å². The number of hydrogen-bond donors (Lipinski definition) is 2. The van der Waals surface area contributed by atoms with Crippen LogP contribution in [0.25, 0.3) is 5.69 Å². The Labute approximate surface area is 163 Å². The van der Waals surface area contributed by atoms with E-state index in [0.717, 1.165) is 22.6 Å². The van der Waals surface area contributed by atoms with Crippen molar-refractivity contribution >= 4 is 18.0 Å². The first kappa shape index (κ1) is 19.2. The third-order valence-corrected chi connectivity index (χ3v) is 4.34. The molecule has 7 nitrogen and oxygen atoms in total. The minimum atomic E-state index is -0.838. The van der Waals surface area contributed by atoms with Crippen LogP contribution in [0.2, 0.25) is 0 Å². The fourth-order valence-electron chi connectivity index (χ4n) is 2.88. The van der Waals surface area contributed by atoms with Crippen LogP contribution in [0.15, 0.2) is 58.2 Å². The van der Waals surface area contributed by atoms with E-state index in [0.29, 0.717) is 5.76 Å². The second-order valence-corrected chi connectivity index (χ2v) is 6.46. The lowest BCUT2D eigenvalue weighted by atomic mass is 10.2. The second-order valence-electron chi connectivity index (χ2n) is 6.46. The van der Waals surface area contributed by atoms with Gasteiger partial charge in [-0.1, -0.05) is 17.7 Å². The Balaban J connectivity index is 1.62. The molecule has 0 atom stereocenters. The maximum Gasteiger partial charge on any atom is 0.329 e. The van der Waals surface area contributed by atoms with E-state index in [1.165, 1.54) is 18.0 Å². The highest BCUT2D eigenvalue weighted by molar-refractivity contribution is 6.35. The van der Waals surface area contributed by atoms with E-state index >= 15 is 0 Å². The van der Waals surface area contributed by atoms with Gasteiger partial charge in [-0.05, 0) is 51.1 Å². The molecular weight excluding hydrogens is 356 g/mol. The summed E-state index contributed by atoms with van der Waals surface area (Å²) in [6, 6.07) is 13.6. The molecule has 0 aliphatic rings. The molecule has 0 aliphatic carbocycles. The quantitative estimate of drug-likeness (QED) is 0.406. The highest BCUT2D eigenvalue weighted by Gasteiger charge is 2.13. The van der Waals surface area contributed by atoms with Gasteiger partial charge in [0.25, 0.3) is 0 Å². The molecular formula is C21H22N4O3. The number of aromatic nitrogens is 1. The second kappa shape index (κ2) is 8.39. The van der Waals surface area contributed by atoms with E-state index in [4.69, 9.17) is 4.42 Å². The van der Waals surface area contributed by atoms with Gasteiger partial charge in [-0.3, -0.25) is 9.59 Å². The van der Waals surface area contributed by atoms with Crippen LogP contribution in [-0.2, 0) is 16.1 Å². The fourth-order valence-corrected chi connectivity index (χ4v) is 2.88. The number of nitrogens with one attached hydrogen (secondary N) is 2. The topological polar surface area (TPSA) is 88.6 Å².